The van der Waals surface area contributed by atoms with E-state index in [1.54, 1.807) is 54.6 Å². The number of hydrogen-bond donors (Lipinski definition) is 2. The van der Waals surface area contributed by atoms with Crippen LogP contribution in [0, 0.1) is 20.2 Å². The number of anilines is 2. The second-order valence-electron chi connectivity index (χ2n) is 6.47. The summed E-state index contributed by atoms with van der Waals surface area (Å²) in [6.45, 7) is 0. The Balaban J connectivity index is 1.82. The van der Waals surface area contributed by atoms with Crippen molar-refractivity contribution in [2.24, 2.45) is 0 Å². The second-order valence-corrected chi connectivity index (χ2v) is 6.47. The topological polar surface area (TPSA) is 138 Å². The van der Waals surface area contributed by atoms with Crippen molar-refractivity contribution in [3.05, 3.63) is 103 Å². The molecule has 0 spiro atoms. The van der Waals surface area contributed by atoms with Crippen LogP contribution >= 0.6 is 0 Å². The Morgan fingerprint density at radius 1 is 0.600 bits per heavy atom. The monoisotopic (exact) mass is 402 g/mol. The molecule has 0 atom stereocenters. The third kappa shape index (κ3) is 4.87. The van der Waals surface area contributed by atoms with E-state index in [1.165, 1.54) is 24.3 Å². The first-order valence-electron chi connectivity index (χ1n) is 8.87. The van der Waals surface area contributed by atoms with Gasteiger partial charge in [0, 0.05) is 35.6 Å². The molecule has 0 radical (unpaired) electrons. The van der Waals surface area contributed by atoms with Crippen LogP contribution in [0.1, 0.15) is 22.3 Å². The smallest absolute Gasteiger partial charge is 0.269 e. The maximum Gasteiger partial charge on any atom is 0.269 e. The molecule has 0 aliphatic carbocycles. The normalized spacial score (nSPS) is 11.2. The maximum absolute atomic E-state index is 10.7. The van der Waals surface area contributed by atoms with Crippen LogP contribution < -0.4 is 11.5 Å². The van der Waals surface area contributed by atoms with E-state index in [0.717, 1.165) is 22.3 Å². The fourth-order valence-electron chi connectivity index (χ4n) is 2.74. The van der Waals surface area contributed by atoms with Crippen LogP contribution in [0.15, 0.2) is 60.7 Å². The molecule has 8 heteroatoms. The summed E-state index contributed by atoms with van der Waals surface area (Å²) in [5.41, 5.74) is 16.2. The number of non-ortho nitro benzene ring substituents is 2. The lowest BCUT2D eigenvalue weighted by Gasteiger charge is -2.07. The van der Waals surface area contributed by atoms with Crippen LogP contribution in [-0.2, 0) is 0 Å². The van der Waals surface area contributed by atoms with E-state index < -0.39 is 9.85 Å². The predicted molar refractivity (Wildman–Crippen MR) is 119 cm³/mol. The third-order valence-corrected chi connectivity index (χ3v) is 4.41. The lowest BCUT2D eigenvalue weighted by atomic mass is 10.0. The number of nitrogen functional groups attached to an aromatic ring is 2. The summed E-state index contributed by atoms with van der Waals surface area (Å²) in [5, 5.41) is 21.5. The summed E-state index contributed by atoms with van der Waals surface area (Å²) in [7, 11) is 0. The van der Waals surface area contributed by atoms with Gasteiger partial charge < -0.3 is 11.5 Å². The summed E-state index contributed by atoms with van der Waals surface area (Å²) in [6, 6.07) is 15.8. The number of nitro groups is 2. The first-order valence-corrected chi connectivity index (χ1v) is 8.87. The minimum Gasteiger partial charge on any atom is -0.398 e. The van der Waals surface area contributed by atoms with E-state index >= 15 is 0 Å². The van der Waals surface area contributed by atoms with E-state index in [0.29, 0.717) is 11.4 Å². The van der Waals surface area contributed by atoms with Crippen molar-refractivity contribution in [1.29, 1.82) is 0 Å². The Labute approximate surface area is 172 Å². The number of nitrogens with two attached hydrogens (primary N) is 2. The van der Waals surface area contributed by atoms with Crippen LogP contribution in [-0.4, -0.2) is 9.85 Å². The highest BCUT2D eigenvalue weighted by atomic mass is 16.6. The molecule has 0 aromatic heterocycles. The molecule has 150 valence electrons. The largest absolute Gasteiger partial charge is 0.398 e. The Bertz CT molecular complexity index is 1060. The molecular weight excluding hydrogens is 384 g/mol. The van der Waals surface area contributed by atoms with E-state index in [-0.39, 0.29) is 11.4 Å². The Kier molecular flexibility index (Phi) is 5.88. The van der Waals surface area contributed by atoms with Gasteiger partial charge in [0.2, 0.25) is 0 Å². The van der Waals surface area contributed by atoms with Crippen molar-refractivity contribution < 1.29 is 9.85 Å². The van der Waals surface area contributed by atoms with Gasteiger partial charge in [0.05, 0.1) is 9.85 Å². The number of hydrogen-bond acceptors (Lipinski definition) is 6. The van der Waals surface area contributed by atoms with Gasteiger partial charge in [-0.3, -0.25) is 20.2 Å². The van der Waals surface area contributed by atoms with Gasteiger partial charge in [-0.25, -0.2) is 0 Å². The molecule has 0 saturated carbocycles. The van der Waals surface area contributed by atoms with Crippen molar-refractivity contribution in [2.75, 3.05) is 11.5 Å². The van der Waals surface area contributed by atoms with Crippen molar-refractivity contribution in [2.45, 2.75) is 0 Å². The highest BCUT2D eigenvalue weighted by molar-refractivity contribution is 5.84. The molecule has 0 aliphatic heterocycles. The minimum atomic E-state index is -0.449. The fourth-order valence-corrected chi connectivity index (χ4v) is 2.74. The highest BCUT2D eigenvalue weighted by Gasteiger charge is 2.05. The van der Waals surface area contributed by atoms with Crippen LogP contribution in [0.3, 0.4) is 0 Å². The quantitative estimate of drug-likeness (QED) is 0.257. The summed E-state index contributed by atoms with van der Waals surface area (Å²) in [5.74, 6) is 0. The lowest BCUT2D eigenvalue weighted by molar-refractivity contribution is -0.385. The van der Waals surface area contributed by atoms with Gasteiger partial charge in [-0.15, -0.1) is 0 Å². The van der Waals surface area contributed by atoms with Crippen LogP contribution in [0.5, 0.6) is 0 Å². The van der Waals surface area contributed by atoms with Gasteiger partial charge in [0.25, 0.3) is 11.4 Å². The van der Waals surface area contributed by atoms with Gasteiger partial charge in [0.1, 0.15) is 0 Å². The van der Waals surface area contributed by atoms with Gasteiger partial charge in [-0.2, -0.15) is 0 Å². The Hall–Kier alpha value is -4.46. The molecule has 3 rings (SSSR count). The van der Waals surface area contributed by atoms with E-state index in [4.69, 9.17) is 11.5 Å². The number of nitro benzene ring substituents is 2. The van der Waals surface area contributed by atoms with Crippen molar-refractivity contribution in [1.82, 2.24) is 0 Å². The van der Waals surface area contributed by atoms with Gasteiger partial charge in [-0.05, 0) is 58.7 Å². The standard InChI is InChI=1S/C22H18N4O4/c23-21-14-22(24)18(8-2-16-5-11-20(12-6-16)26(29)30)13-17(21)7-1-15-3-9-19(10-4-15)25(27)28/h1-14H,23-24H2. The zero-order valence-corrected chi connectivity index (χ0v) is 15.8. The fraction of sp³-hybridized carbons (Fsp3) is 0. The van der Waals surface area contributed by atoms with Crippen molar-refractivity contribution in [3.8, 4) is 0 Å². The third-order valence-electron chi connectivity index (χ3n) is 4.41. The van der Waals surface area contributed by atoms with E-state index in [2.05, 4.69) is 0 Å². The minimum absolute atomic E-state index is 0.0258. The molecule has 4 N–H and O–H groups in total. The SMILES string of the molecule is Nc1cc(N)c(C=Cc2ccc([N+](=O)[O-])cc2)cc1C=Cc1ccc([N+](=O)[O-])cc1. The zero-order chi connectivity index (χ0) is 21.7. The Morgan fingerprint density at radius 2 is 0.967 bits per heavy atom. The van der Waals surface area contributed by atoms with Gasteiger partial charge >= 0.3 is 0 Å². The molecule has 3 aromatic carbocycles. The van der Waals surface area contributed by atoms with Crippen molar-refractivity contribution in [3.63, 3.8) is 0 Å². The van der Waals surface area contributed by atoms with Gasteiger partial charge in [-0.1, -0.05) is 24.3 Å². The maximum atomic E-state index is 10.7. The Morgan fingerprint density at radius 3 is 1.30 bits per heavy atom. The molecule has 3 aromatic rings. The zero-order valence-electron chi connectivity index (χ0n) is 15.8. The second kappa shape index (κ2) is 8.70. The number of benzene rings is 3. The average molecular weight is 402 g/mol. The molecule has 8 nitrogen and oxygen atoms in total. The molecule has 0 unspecified atom stereocenters. The number of rotatable bonds is 6. The predicted octanol–water partition coefficient (Wildman–Crippen LogP) is 5.01. The first-order chi connectivity index (χ1) is 14.3. The summed E-state index contributed by atoms with van der Waals surface area (Å²) < 4.78 is 0. The summed E-state index contributed by atoms with van der Waals surface area (Å²) >= 11 is 0. The van der Waals surface area contributed by atoms with Crippen LogP contribution in [0.4, 0.5) is 22.7 Å². The molecule has 0 bridgehead atoms. The molecule has 0 amide bonds. The average Bonchev–Trinajstić information content (AvgIpc) is 2.73. The van der Waals surface area contributed by atoms with Crippen LogP contribution in [0.25, 0.3) is 24.3 Å². The van der Waals surface area contributed by atoms with Gasteiger partial charge in [0.15, 0.2) is 0 Å². The molecule has 0 fully saturated rings. The molecular formula is C22H18N4O4. The molecule has 30 heavy (non-hydrogen) atoms. The molecule has 0 saturated heterocycles. The summed E-state index contributed by atoms with van der Waals surface area (Å²) in [4.78, 5) is 20.6. The highest BCUT2D eigenvalue weighted by Crippen LogP contribution is 2.25. The van der Waals surface area contributed by atoms with E-state index in [1.807, 2.05) is 6.07 Å². The molecule has 0 heterocycles. The van der Waals surface area contributed by atoms with Crippen LogP contribution in [0.2, 0.25) is 0 Å². The van der Waals surface area contributed by atoms with E-state index in [9.17, 15) is 20.2 Å². The summed E-state index contributed by atoms with van der Waals surface area (Å²) in [6.07, 6.45) is 7.21. The molecule has 0 aliphatic rings. The first kappa shape index (κ1) is 20.3. The lowest BCUT2D eigenvalue weighted by Crippen LogP contribution is -1.96. The number of nitrogens with zero attached hydrogens (tertiary/aromatic N) is 2. The van der Waals surface area contributed by atoms with Crippen molar-refractivity contribution >= 4 is 47.1 Å².